The average Bonchev–Trinajstić information content (AvgIpc) is 2.99. The molecule has 1 unspecified atom stereocenters. The third-order valence-corrected chi connectivity index (χ3v) is 3.55. The van der Waals surface area contributed by atoms with Crippen LogP contribution in [0.3, 0.4) is 0 Å². The highest BCUT2D eigenvalue weighted by molar-refractivity contribution is 5.27. The molecule has 24 heavy (non-hydrogen) atoms. The molecule has 132 valence electrons. The fourth-order valence-electron chi connectivity index (χ4n) is 2.43. The van der Waals surface area contributed by atoms with Crippen LogP contribution in [0.4, 0.5) is 13.2 Å². The van der Waals surface area contributed by atoms with Crippen molar-refractivity contribution >= 4 is 0 Å². The maximum atomic E-state index is 12.4. The van der Waals surface area contributed by atoms with E-state index >= 15 is 0 Å². The number of ether oxygens (including phenoxy) is 1. The van der Waals surface area contributed by atoms with Crippen molar-refractivity contribution in [3.8, 4) is 5.75 Å². The van der Waals surface area contributed by atoms with Gasteiger partial charge >= 0.3 is 6.18 Å². The van der Waals surface area contributed by atoms with Crippen LogP contribution in [0.2, 0.25) is 0 Å². The monoisotopic (exact) mass is 341 g/mol. The molecule has 0 fully saturated rings. The van der Waals surface area contributed by atoms with Crippen molar-refractivity contribution in [3.63, 3.8) is 0 Å². The van der Waals surface area contributed by atoms with Crippen LogP contribution in [-0.2, 0) is 19.1 Å². The third kappa shape index (κ3) is 5.60. The van der Waals surface area contributed by atoms with Crippen LogP contribution in [0, 0.1) is 5.92 Å². The number of furan rings is 1. The predicted octanol–water partition coefficient (Wildman–Crippen LogP) is 4.67. The lowest BCUT2D eigenvalue weighted by molar-refractivity contribution is -0.153. The Kier molecular flexibility index (Phi) is 6.31. The van der Waals surface area contributed by atoms with E-state index in [0.717, 1.165) is 18.2 Å². The molecule has 0 radical (unpaired) electrons. The van der Waals surface area contributed by atoms with Crippen molar-refractivity contribution in [3.05, 3.63) is 53.5 Å². The first kappa shape index (κ1) is 18.4. The van der Waals surface area contributed by atoms with Crippen molar-refractivity contribution in [2.24, 2.45) is 5.92 Å². The largest absolute Gasteiger partial charge is 0.494 e. The first-order valence-electron chi connectivity index (χ1n) is 7.97. The van der Waals surface area contributed by atoms with Gasteiger partial charge in [-0.25, -0.2) is 0 Å². The molecular weight excluding hydrogens is 319 g/mol. The van der Waals surface area contributed by atoms with Gasteiger partial charge in [0.15, 0.2) is 0 Å². The lowest BCUT2D eigenvalue weighted by atomic mass is 10.0. The van der Waals surface area contributed by atoms with Crippen LogP contribution in [0.5, 0.6) is 5.75 Å². The Bertz CT molecular complexity index is 620. The van der Waals surface area contributed by atoms with Gasteiger partial charge in [0.05, 0.1) is 13.2 Å². The Morgan fingerprint density at radius 2 is 1.83 bits per heavy atom. The molecule has 0 saturated heterocycles. The van der Waals surface area contributed by atoms with E-state index < -0.39 is 11.9 Å². The minimum absolute atomic E-state index is 0.281. The van der Waals surface area contributed by atoms with Gasteiger partial charge in [-0.15, -0.1) is 0 Å². The SMILES string of the molecule is CCOc1ccc(CC(C)CNCc2ccc(C(F)(F)F)o2)cc1. The fraction of sp³-hybridized carbons (Fsp3) is 0.444. The highest BCUT2D eigenvalue weighted by Gasteiger charge is 2.34. The van der Waals surface area contributed by atoms with Crippen molar-refractivity contribution in [2.45, 2.75) is 33.0 Å². The number of hydrogen-bond acceptors (Lipinski definition) is 3. The second-order valence-electron chi connectivity index (χ2n) is 5.78. The molecule has 2 rings (SSSR count). The normalized spacial score (nSPS) is 13.0. The molecule has 0 amide bonds. The van der Waals surface area contributed by atoms with E-state index in [1.807, 2.05) is 31.2 Å². The summed E-state index contributed by atoms with van der Waals surface area (Å²) >= 11 is 0. The molecule has 1 N–H and O–H groups in total. The quantitative estimate of drug-likeness (QED) is 0.758. The number of rotatable bonds is 8. The van der Waals surface area contributed by atoms with Crippen molar-refractivity contribution in [2.75, 3.05) is 13.2 Å². The molecule has 0 aliphatic rings. The van der Waals surface area contributed by atoms with Crippen LogP contribution >= 0.6 is 0 Å². The predicted molar refractivity (Wildman–Crippen MR) is 85.9 cm³/mol. The molecule has 0 saturated carbocycles. The summed E-state index contributed by atoms with van der Waals surface area (Å²) in [7, 11) is 0. The summed E-state index contributed by atoms with van der Waals surface area (Å²) in [4.78, 5) is 0. The fourth-order valence-corrected chi connectivity index (χ4v) is 2.43. The zero-order valence-electron chi connectivity index (χ0n) is 13.8. The average molecular weight is 341 g/mol. The third-order valence-electron chi connectivity index (χ3n) is 3.55. The molecule has 0 spiro atoms. The highest BCUT2D eigenvalue weighted by atomic mass is 19.4. The van der Waals surface area contributed by atoms with E-state index in [1.165, 1.54) is 11.6 Å². The lowest BCUT2D eigenvalue weighted by Crippen LogP contribution is -2.21. The standard InChI is InChI=1S/C18H22F3NO2/c1-3-23-15-6-4-14(5-7-15)10-13(2)11-22-12-16-8-9-17(24-16)18(19,20)21/h4-9,13,22H,3,10-12H2,1-2H3. The molecule has 2 aromatic rings. The first-order valence-corrected chi connectivity index (χ1v) is 7.97. The van der Waals surface area contributed by atoms with Gasteiger partial charge in [-0.05, 0) is 55.6 Å². The summed E-state index contributed by atoms with van der Waals surface area (Å²) in [5.74, 6) is 0.530. The summed E-state index contributed by atoms with van der Waals surface area (Å²) in [6, 6.07) is 10.3. The topological polar surface area (TPSA) is 34.4 Å². The Morgan fingerprint density at radius 3 is 2.42 bits per heavy atom. The summed E-state index contributed by atoms with van der Waals surface area (Å²) in [5, 5.41) is 3.13. The van der Waals surface area contributed by atoms with Gasteiger partial charge in [-0.2, -0.15) is 13.2 Å². The Labute approximate surface area is 139 Å². The minimum Gasteiger partial charge on any atom is -0.494 e. The van der Waals surface area contributed by atoms with E-state index in [1.54, 1.807) is 0 Å². The molecule has 0 aliphatic carbocycles. The number of nitrogens with one attached hydrogen (secondary N) is 1. The van der Waals surface area contributed by atoms with Gasteiger partial charge in [0.25, 0.3) is 0 Å². The molecule has 1 atom stereocenters. The second kappa shape index (κ2) is 8.24. The van der Waals surface area contributed by atoms with Crippen LogP contribution in [0.15, 0.2) is 40.8 Å². The lowest BCUT2D eigenvalue weighted by Gasteiger charge is -2.13. The molecule has 0 bridgehead atoms. The zero-order chi connectivity index (χ0) is 17.6. The maximum Gasteiger partial charge on any atom is 0.449 e. The van der Waals surface area contributed by atoms with Crippen LogP contribution in [0.25, 0.3) is 0 Å². The summed E-state index contributed by atoms with van der Waals surface area (Å²) in [5.41, 5.74) is 1.20. The second-order valence-corrected chi connectivity index (χ2v) is 5.78. The molecule has 1 heterocycles. The minimum atomic E-state index is -4.43. The van der Waals surface area contributed by atoms with Crippen molar-refractivity contribution < 1.29 is 22.3 Å². The molecule has 1 aromatic carbocycles. The molecule has 0 aliphatic heterocycles. The summed E-state index contributed by atoms with van der Waals surface area (Å²) < 4.78 is 47.5. The van der Waals surface area contributed by atoms with Gasteiger partial charge in [-0.3, -0.25) is 0 Å². The number of alkyl halides is 3. The van der Waals surface area contributed by atoms with Crippen LogP contribution in [-0.4, -0.2) is 13.2 Å². The molecule has 3 nitrogen and oxygen atoms in total. The smallest absolute Gasteiger partial charge is 0.449 e. The van der Waals surface area contributed by atoms with Crippen LogP contribution < -0.4 is 10.1 Å². The van der Waals surface area contributed by atoms with E-state index in [-0.39, 0.29) is 12.3 Å². The highest BCUT2D eigenvalue weighted by Crippen LogP contribution is 2.30. The van der Waals surface area contributed by atoms with Gasteiger partial charge < -0.3 is 14.5 Å². The van der Waals surface area contributed by atoms with Crippen molar-refractivity contribution in [1.29, 1.82) is 0 Å². The Morgan fingerprint density at radius 1 is 1.12 bits per heavy atom. The van der Waals surface area contributed by atoms with Crippen LogP contribution in [0.1, 0.15) is 30.9 Å². The summed E-state index contributed by atoms with van der Waals surface area (Å²) in [6.45, 7) is 5.65. The van der Waals surface area contributed by atoms with E-state index in [2.05, 4.69) is 12.2 Å². The first-order chi connectivity index (χ1) is 11.4. The van der Waals surface area contributed by atoms with E-state index in [9.17, 15) is 13.2 Å². The number of halogens is 3. The maximum absolute atomic E-state index is 12.4. The van der Waals surface area contributed by atoms with Gasteiger partial charge in [-0.1, -0.05) is 19.1 Å². The van der Waals surface area contributed by atoms with Gasteiger partial charge in [0.2, 0.25) is 5.76 Å². The van der Waals surface area contributed by atoms with Gasteiger partial charge in [0.1, 0.15) is 11.5 Å². The van der Waals surface area contributed by atoms with E-state index in [4.69, 9.17) is 9.15 Å². The van der Waals surface area contributed by atoms with E-state index in [0.29, 0.717) is 19.1 Å². The molecule has 6 heteroatoms. The Balaban J connectivity index is 1.75. The number of hydrogen-bond donors (Lipinski definition) is 1. The zero-order valence-corrected chi connectivity index (χ0v) is 13.8. The van der Waals surface area contributed by atoms with Crippen molar-refractivity contribution in [1.82, 2.24) is 5.32 Å². The van der Waals surface area contributed by atoms with Gasteiger partial charge in [0, 0.05) is 0 Å². The Hall–Kier alpha value is -1.95. The molecule has 1 aromatic heterocycles. The summed E-state index contributed by atoms with van der Waals surface area (Å²) in [6.07, 6.45) is -3.55. The number of benzene rings is 1. The molecular formula is C18H22F3NO2.